The first-order chi connectivity index (χ1) is 4.54. The molecule has 4 heteroatoms. The second-order valence-electron chi connectivity index (χ2n) is 1.53. The number of hydrogen-bond donors (Lipinski definition) is 2. The molecule has 0 saturated carbocycles. The fraction of sp³-hybridized carbons (Fsp3) is 0. The Balaban J connectivity index is 4.03. The molecule has 0 saturated heterocycles. The van der Waals surface area contributed by atoms with E-state index in [-0.39, 0.29) is 5.57 Å². The van der Waals surface area contributed by atoms with Crippen LogP contribution in [-0.2, 0) is 9.59 Å². The van der Waals surface area contributed by atoms with Gasteiger partial charge in [-0.25, -0.2) is 0 Å². The summed E-state index contributed by atoms with van der Waals surface area (Å²) in [5.74, 6) is -1.42. The van der Waals surface area contributed by atoms with Crippen molar-refractivity contribution in [1.29, 1.82) is 0 Å². The Morgan fingerprint density at radius 2 is 1.90 bits per heavy atom. The van der Waals surface area contributed by atoms with Crippen LogP contribution in [0, 0.1) is 6.08 Å². The van der Waals surface area contributed by atoms with Crippen LogP contribution in [0.1, 0.15) is 0 Å². The van der Waals surface area contributed by atoms with E-state index in [2.05, 4.69) is 12.7 Å². The van der Waals surface area contributed by atoms with Crippen LogP contribution in [0.15, 0.2) is 18.2 Å². The normalized spacial score (nSPS) is 9.60. The largest absolute Gasteiger partial charge is 0.366 e. The minimum absolute atomic E-state index is 0.0706. The molecule has 0 bridgehead atoms. The fourth-order valence-electron chi connectivity index (χ4n) is 0.229. The van der Waals surface area contributed by atoms with E-state index in [0.717, 1.165) is 6.08 Å². The van der Waals surface area contributed by atoms with Gasteiger partial charge in [0, 0.05) is 17.7 Å². The van der Waals surface area contributed by atoms with Gasteiger partial charge in [-0.2, -0.15) is 0 Å². The summed E-state index contributed by atoms with van der Waals surface area (Å²) in [6.45, 7) is 3.20. The molecule has 0 aliphatic heterocycles. The summed E-state index contributed by atoms with van der Waals surface area (Å²) in [5, 5.41) is 0. The lowest BCUT2D eigenvalue weighted by molar-refractivity contribution is -0.114. The summed E-state index contributed by atoms with van der Waals surface area (Å²) in [6, 6.07) is 0. The van der Waals surface area contributed by atoms with E-state index in [4.69, 9.17) is 11.5 Å². The van der Waals surface area contributed by atoms with Crippen LogP contribution in [0.25, 0.3) is 0 Å². The predicted molar refractivity (Wildman–Crippen MR) is 35.3 cm³/mol. The molecule has 2 amide bonds. The van der Waals surface area contributed by atoms with E-state index in [0.29, 0.717) is 0 Å². The molecule has 0 unspecified atom stereocenters. The van der Waals surface area contributed by atoms with Gasteiger partial charge in [0.15, 0.2) is 0 Å². The molecule has 53 valence electrons. The highest BCUT2D eigenvalue weighted by Gasteiger charge is 1.95. The number of carbonyl (C=O) groups is 2. The van der Waals surface area contributed by atoms with Crippen molar-refractivity contribution in [3.05, 3.63) is 24.3 Å². The highest BCUT2D eigenvalue weighted by Crippen LogP contribution is 1.87. The first kappa shape index (κ1) is 8.42. The standard InChI is InChI=1S/C6H7N2O2/c1-4(6(8)10)2-3-5(7)9/h3H,1H2,(H2,7,9)(H2,8,10). The van der Waals surface area contributed by atoms with E-state index in [9.17, 15) is 9.59 Å². The molecule has 0 aliphatic rings. The van der Waals surface area contributed by atoms with Gasteiger partial charge >= 0.3 is 0 Å². The molecule has 4 nitrogen and oxygen atoms in total. The molecule has 0 aromatic carbocycles. The van der Waals surface area contributed by atoms with Gasteiger partial charge in [0.05, 0.1) is 0 Å². The van der Waals surface area contributed by atoms with Gasteiger partial charge < -0.3 is 11.5 Å². The van der Waals surface area contributed by atoms with Crippen molar-refractivity contribution in [3.63, 3.8) is 0 Å². The maximum absolute atomic E-state index is 10.2. The van der Waals surface area contributed by atoms with E-state index >= 15 is 0 Å². The molecule has 4 N–H and O–H groups in total. The zero-order valence-corrected chi connectivity index (χ0v) is 5.26. The summed E-state index contributed by atoms with van der Waals surface area (Å²) in [7, 11) is 0. The zero-order chi connectivity index (χ0) is 8.15. The van der Waals surface area contributed by atoms with Gasteiger partial charge in [0.2, 0.25) is 11.8 Å². The van der Waals surface area contributed by atoms with Gasteiger partial charge in [-0.3, -0.25) is 9.59 Å². The lowest BCUT2D eigenvalue weighted by atomic mass is 10.2. The molecule has 0 aliphatic carbocycles. The Kier molecular flexibility index (Phi) is 2.90. The molecule has 0 fully saturated rings. The van der Waals surface area contributed by atoms with Crippen molar-refractivity contribution >= 4 is 11.8 Å². The van der Waals surface area contributed by atoms with Crippen LogP contribution < -0.4 is 11.5 Å². The van der Waals surface area contributed by atoms with Gasteiger partial charge in [0.25, 0.3) is 0 Å². The number of hydrogen-bond acceptors (Lipinski definition) is 2. The Hall–Kier alpha value is -1.58. The minimum Gasteiger partial charge on any atom is -0.366 e. The number of amides is 2. The van der Waals surface area contributed by atoms with E-state index in [1.807, 2.05) is 0 Å². The van der Waals surface area contributed by atoms with Crippen molar-refractivity contribution in [3.8, 4) is 0 Å². The van der Waals surface area contributed by atoms with Crippen molar-refractivity contribution in [2.45, 2.75) is 0 Å². The Morgan fingerprint density at radius 3 is 2.20 bits per heavy atom. The zero-order valence-electron chi connectivity index (χ0n) is 5.26. The van der Waals surface area contributed by atoms with Crippen molar-refractivity contribution < 1.29 is 9.59 Å². The number of carbonyl (C=O) groups excluding carboxylic acids is 2. The van der Waals surface area contributed by atoms with Gasteiger partial charge in [-0.1, -0.05) is 6.58 Å². The van der Waals surface area contributed by atoms with Crippen LogP contribution >= 0.6 is 0 Å². The molecule has 0 aromatic rings. The third kappa shape index (κ3) is 3.43. The molecule has 1 radical (unpaired) electrons. The van der Waals surface area contributed by atoms with Crippen LogP contribution in [0.4, 0.5) is 0 Å². The first-order valence-corrected chi connectivity index (χ1v) is 2.42. The van der Waals surface area contributed by atoms with Crippen LogP contribution in [0.2, 0.25) is 0 Å². The quantitative estimate of drug-likeness (QED) is 0.383. The maximum atomic E-state index is 10.2. The number of rotatable bonds is 3. The van der Waals surface area contributed by atoms with Crippen LogP contribution in [0.5, 0.6) is 0 Å². The molecule has 10 heavy (non-hydrogen) atoms. The lowest BCUT2D eigenvalue weighted by Gasteiger charge is -1.86. The molecular weight excluding hydrogens is 132 g/mol. The second kappa shape index (κ2) is 3.45. The average molecular weight is 139 g/mol. The summed E-state index contributed by atoms with van der Waals surface area (Å²) in [5.41, 5.74) is 9.37. The second-order valence-corrected chi connectivity index (χ2v) is 1.53. The Bertz CT molecular complexity index is 206. The molecule has 0 atom stereocenters. The van der Waals surface area contributed by atoms with E-state index in [1.54, 1.807) is 0 Å². The summed E-state index contributed by atoms with van der Waals surface area (Å²) < 4.78 is 0. The Labute approximate surface area is 58.2 Å². The lowest BCUT2D eigenvalue weighted by Crippen LogP contribution is -2.13. The summed E-state index contributed by atoms with van der Waals surface area (Å²) >= 11 is 0. The highest BCUT2D eigenvalue weighted by atomic mass is 16.1. The smallest absolute Gasteiger partial charge is 0.248 e. The third-order valence-electron chi connectivity index (χ3n) is 0.686. The maximum Gasteiger partial charge on any atom is 0.248 e. The third-order valence-corrected chi connectivity index (χ3v) is 0.686. The summed E-state index contributed by atoms with van der Waals surface area (Å²) in [6.07, 6.45) is 3.11. The molecular formula is C6H7N2O2. The molecule has 0 aromatic heterocycles. The molecule has 0 rings (SSSR count). The Morgan fingerprint density at radius 1 is 1.40 bits per heavy atom. The molecule has 0 heterocycles. The summed E-state index contributed by atoms with van der Waals surface area (Å²) in [4.78, 5) is 20.2. The average Bonchev–Trinajstić information content (AvgIpc) is 1.82. The van der Waals surface area contributed by atoms with E-state index < -0.39 is 11.8 Å². The highest BCUT2D eigenvalue weighted by molar-refractivity contribution is 5.95. The van der Waals surface area contributed by atoms with Gasteiger partial charge in [0.1, 0.15) is 0 Å². The first-order valence-electron chi connectivity index (χ1n) is 2.42. The SMILES string of the molecule is C=C(/[C]=C/C(N)=O)C(N)=O. The fourth-order valence-corrected chi connectivity index (χ4v) is 0.229. The minimum atomic E-state index is -0.725. The monoisotopic (exact) mass is 139 g/mol. The number of nitrogens with two attached hydrogens (primary N) is 2. The van der Waals surface area contributed by atoms with Crippen LogP contribution in [0.3, 0.4) is 0 Å². The van der Waals surface area contributed by atoms with E-state index in [1.165, 1.54) is 0 Å². The van der Waals surface area contributed by atoms with Crippen LogP contribution in [-0.4, -0.2) is 11.8 Å². The topological polar surface area (TPSA) is 86.2 Å². The number of primary amides is 2. The van der Waals surface area contributed by atoms with Gasteiger partial charge in [-0.05, 0) is 0 Å². The van der Waals surface area contributed by atoms with Gasteiger partial charge in [-0.15, -0.1) is 0 Å². The van der Waals surface area contributed by atoms with Crippen molar-refractivity contribution in [2.24, 2.45) is 11.5 Å². The van der Waals surface area contributed by atoms with Crippen molar-refractivity contribution in [2.75, 3.05) is 0 Å². The molecule has 0 spiro atoms. The predicted octanol–water partition coefficient (Wildman–Crippen LogP) is -1.13. The van der Waals surface area contributed by atoms with Crippen molar-refractivity contribution in [1.82, 2.24) is 0 Å².